The minimum atomic E-state index is 0.688. The van der Waals surface area contributed by atoms with Crippen LogP contribution in [0.1, 0.15) is 45.2 Å². The van der Waals surface area contributed by atoms with E-state index >= 15 is 0 Å². The van der Waals surface area contributed by atoms with Gasteiger partial charge in [-0.2, -0.15) is 0 Å². The number of allylic oxidation sites excluding steroid dienone is 1. The molecule has 0 bridgehead atoms. The van der Waals surface area contributed by atoms with Gasteiger partial charge in [0.05, 0.1) is 11.2 Å². The van der Waals surface area contributed by atoms with Crippen molar-refractivity contribution >= 4 is 17.0 Å². The van der Waals surface area contributed by atoms with Crippen LogP contribution in [-0.4, -0.2) is 4.98 Å². The fourth-order valence-corrected chi connectivity index (χ4v) is 2.31. The molecule has 1 aromatic heterocycles. The van der Waals surface area contributed by atoms with E-state index in [2.05, 4.69) is 61.3 Å². The number of benzene rings is 1. The average molecular weight is 253 g/mol. The molecule has 0 radical (unpaired) electrons. The van der Waals surface area contributed by atoms with E-state index in [-0.39, 0.29) is 0 Å². The van der Waals surface area contributed by atoms with Gasteiger partial charge in [-0.05, 0) is 37.0 Å². The maximum Gasteiger partial charge on any atom is 0.0709 e. The molecule has 1 nitrogen and oxygen atoms in total. The molecular formula is C18H23N. The zero-order valence-electron chi connectivity index (χ0n) is 12.0. The number of pyridine rings is 1. The highest BCUT2D eigenvalue weighted by molar-refractivity contribution is 5.79. The first-order valence-corrected chi connectivity index (χ1v) is 7.37. The Hall–Kier alpha value is -1.63. The third-order valence-electron chi connectivity index (χ3n) is 3.61. The second-order valence-corrected chi connectivity index (χ2v) is 5.10. The number of hydrogen-bond donors (Lipinski definition) is 0. The van der Waals surface area contributed by atoms with E-state index in [1.807, 2.05) is 6.07 Å². The lowest BCUT2D eigenvalue weighted by atomic mass is 9.98. The standard InChI is InChI=1S/C18H23N/c1-3-5-8-15(4-2)11-13-17-14-12-16-9-6-7-10-18(16)19-17/h6-7,9-15H,3-5,8H2,1-2H3/b13-11+/t15-/m0/s1. The molecule has 2 aromatic rings. The van der Waals surface area contributed by atoms with Crippen LogP contribution in [0.2, 0.25) is 0 Å². The summed E-state index contributed by atoms with van der Waals surface area (Å²) in [6.45, 7) is 4.51. The normalized spacial score (nSPS) is 13.2. The van der Waals surface area contributed by atoms with Crippen LogP contribution in [-0.2, 0) is 0 Å². The first-order valence-electron chi connectivity index (χ1n) is 7.37. The first kappa shape index (κ1) is 13.8. The molecule has 1 heteroatoms. The number of hydrogen-bond acceptors (Lipinski definition) is 1. The zero-order chi connectivity index (χ0) is 13.5. The smallest absolute Gasteiger partial charge is 0.0709 e. The van der Waals surface area contributed by atoms with Crippen LogP contribution < -0.4 is 0 Å². The molecule has 2 rings (SSSR count). The van der Waals surface area contributed by atoms with Gasteiger partial charge in [0.1, 0.15) is 0 Å². The molecule has 1 heterocycles. The molecule has 19 heavy (non-hydrogen) atoms. The number of unbranched alkanes of at least 4 members (excludes halogenated alkanes) is 1. The quantitative estimate of drug-likeness (QED) is 0.665. The largest absolute Gasteiger partial charge is 0.248 e. The molecule has 0 N–H and O–H groups in total. The van der Waals surface area contributed by atoms with Gasteiger partial charge >= 0.3 is 0 Å². The van der Waals surface area contributed by atoms with Gasteiger partial charge in [-0.15, -0.1) is 0 Å². The number of fused-ring (bicyclic) bond motifs is 1. The van der Waals surface area contributed by atoms with Crippen molar-refractivity contribution in [1.29, 1.82) is 0 Å². The van der Waals surface area contributed by atoms with Gasteiger partial charge < -0.3 is 0 Å². The Labute approximate surface area is 116 Å². The summed E-state index contributed by atoms with van der Waals surface area (Å²) in [5.41, 5.74) is 2.14. The Morgan fingerprint density at radius 1 is 1.11 bits per heavy atom. The fraction of sp³-hybridized carbons (Fsp3) is 0.389. The third kappa shape index (κ3) is 3.92. The van der Waals surface area contributed by atoms with Gasteiger partial charge in [0, 0.05) is 5.39 Å². The molecular weight excluding hydrogens is 230 g/mol. The summed E-state index contributed by atoms with van der Waals surface area (Å²) in [5.74, 6) is 0.688. The number of nitrogens with zero attached hydrogens (tertiary/aromatic N) is 1. The molecule has 0 spiro atoms. The summed E-state index contributed by atoms with van der Waals surface area (Å²) in [6, 6.07) is 12.5. The van der Waals surface area contributed by atoms with Crippen molar-refractivity contribution in [3.63, 3.8) is 0 Å². The van der Waals surface area contributed by atoms with Gasteiger partial charge in [-0.1, -0.05) is 57.0 Å². The SMILES string of the molecule is CCCC[C@@H](/C=C/c1ccc2ccccc2n1)CC. The number of aromatic nitrogens is 1. The maximum atomic E-state index is 4.67. The highest BCUT2D eigenvalue weighted by Crippen LogP contribution is 2.17. The number of para-hydroxylation sites is 1. The van der Waals surface area contributed by atoms with Crippen molar-refractivity contribution in [2.75, 3.05) is 0 Å². The zero-order valence-corrected chi connectivity index (χ0v) is 12.0. The Morgan fingerprint density at radius 3 is 2.74 bits per heavy atom. The molecule has 100 valence electrons. The molecule has 0 unspecified atom stereocenters. The van der Waals surface area contributed by atoms with Crippen LogP contribution in [0.5, 0.6) is 0 Å². The van der Waals surface area contributed by atoms with Gasteiger partial charge in [0.2, 0.25) is 0 Å². The van der Waals surface area contributed by atoms with Crippen LogP contribution >= 0.6 is 0 Å². The molecule has 0 saturated carbocycles. The Balaban J connectivity index is 2.11. The van der Waals surface area contributed by atoms with Crippen LogP contribution in [0.3, 0.4) is 0 Å². The van der Waals surface area contributed by atoms with E-state index < -0.39 is 0 Å². The predicted molar refractivity (Wildman–Crippen MR) is 84.1 cm³/mol. The highest BCUT2D eigenvalue weighted by Gasteiger charge is 2.01. The molecule has 1 atom stereocenters. The summed E-state index contributed by atoms with van der Waals surface area (Å²) in [7, 11) is 0. The third-order valence-corrected chi connectivity index (χ3v) is 3.61. The fourth-order valence-electron chi connectivity index (χ4n) is 2.31. The molecule has 0 fully saturated rings. The topological polar surface area (TPSA) is 12.9 Å². The van der Waals surface area contributed by atoms with E-state index in [0.717, 1.165) is 11.2 Å². The lowest BCUT2D eigenvalue weighted by Crippen LogP contribution is -1.94. The van der Waals surface area contributed by atoms with Gasteiger partial charge in [0.25, 0.3) is 0 Å². The summed E-state index contributed by atoms with van der Waals surface area (Å²) in [5, 5.41) is 1.21. The summed E-state index contributed by atoms with van der Waals surface area (Å²) >= 11 is 0. The van der Waals surface area contributed by atoms with Gasteiger partial charge in [-0.25, -0.2) is 4.98 Å². The van der Waals surface area contributed by atoms with Crippen molar-refractivity contribution in [1.82, 2.24) is 4.98 Å². The molecule has 0 amide bonds. The van der Waals surface area contributed by atoms with Crippen molar-refractivity contribution < 1.29 is 0 Å². The van der Waals surface area contributed by atoms with Crippen molar-refractivity contribution in [2.45, 2.75) is 39.5 Å². The van der Waals surface area contributed by atoms with Gasteiger partial charge in [-0.3, -0.25) is 0 Å². The van der Waals surface area contributed by atoms with E-state index in [9.17, 15) is 0 Å². The molecule has 1 aromatic carbocycles. The molecule has 0 aliphatic carbocycles. The van der Waals surface area contributed by atoms with Crippen molar-refractivity contribution in [3.05, 3.63) is 48.2 Å². The average Bonchev–Trinajstić information content (AvgIpc) is 2.47. The monoisotopic (exact) mass is 253 g/mol. The minimum Gasteiger partial charge on any atom is -0.248 e. The predicted octanol–water partition coefficient (Wildman–Crippen LogP) is 5.46. The highest BCUT2D eigenvalue weighted by atomic mass is 14.7. The first-order chi connectivity index (χ1) is 9.33. The van der Waals surface area contributed by atoms with Crippen LogP contribution in [0.15, 0.2) is 42.5 Å². The van der Waals surface area contributed by atoms with E-state index in [0.29, 0.717) is 5.92 Å². The summed E-state index contributed by atoms with van der Waals surface area (Å²) in [6.07, 6.45) is 9.59. The van der Waals surface area contributed by atoms with E-state index in [4.69, 9.17) is 0 Å². The molecule has 0 aliphatic rings. The summed E-state index contributed by atoms with van der Waals surface area (Å²) < 4.78 is 0. The lowest BCUT2D eigenvalue weighted by Gasteiger charge is -2.08. The van der Waals surface area contributed by atoms with E-state index in [1.54, 1.807) is 0 Å². The van der Waals surface area contributed by atoms with E-state index in [1.165, 1.54) is 31.1 Å². The van der Waals surface area contributed by atoms with Crippen LogP contribution in [0.4, 0.5) is 0 Å². The second kappa shape index (κ2) is 7.08. The Bertz CT molecular complexity index is 542. The second-order valence-electron chi connectivity index (χ2n) is 5.10. The molecule has 0 aliphatic heterocycles. The van der Waals surface area contributed by atoms with Crippen molar-refractivity contribution in [3.8, 4) is 0 Å². The van der Waals surface area contributed by atoms with Gasteiger partial charge in [0.15, 0.2) is 0 Å². The Morgan fingerprint density at radius 2 is 1.95 bits per heavy atom. The molecule has 0 saturated heterocycles. The number of rotatable bonds is 6. The van der Waals surface area contributed by atoms with Crippen LogP contribution in [0, 0.1) is 5.92 Å². The Kier molecular flexibility index (Phi) is 5.14. The summed E-state index contributed by atoms with van der Waals surface area (Å²) in [4.78, 5) is 4.67. The van der Waals surface area contributed by atoms with Crippen molar-refractivity contribution in [2.24, 2.45) is 5.92 Å². The lowest BCUT2D eigenvalue weighted by molar-refractivity contribution is 0.542. The minimum absolute atomic E-state index is 0.688. The van der Waals surface area contributed by atoms with Crippen LogP contribution in [0.25, 0.3) is 17.0 Å². The maximum absolute atomic E-state index is 4.67.